The summed E-state index contributed by atoms with van der Waals surface area (Å²) in [6.07, 6.45) is 6.82. The molecule has 2 rings (SSSR count). The van der Waals surface area contributed by atoms with Crippen LogP contribution in [0.2, 0.25) is 0 Å². The molecule has 0 saturated heterocycles. The van der Waals surface area contributed by atoms with E-state index in [-0.39, 0.29) is 18.6 Å². The van der Waals surface area contributed by atoms with Crippen LogP contribution in [0.5, 0.6) is 0 Å². The van der Waals surface area contributed by atoms with Crippen LogP contribution in [-0.2, 0) is 0 Å². The molecular formula is C12H17N3O2. The predicted octanol–water partition coefficient (Wildman–Crippen LogP) is 0.757. The van der Waals surface area contributed by atoms with Gasteiger partial charge in [0.15, 0.2) is 0 Å². The van der Waals surface area contributed by atoms with Crippen molar-refractivity contribution in [3.63, 3.8) is 0 Å². The van der Waals surface area contributed by atoms with Crippen LogP contribution in [-0.4, -0.2) is 33.9 Å². The number of amides is 1. The highest BCUT2D eigenvalue weighted by atomic mass is 16.3. The normalized spacial score (nSPS) is 24.3. The third-order valence-electron chi connectivity index (χ3n) is 3.29. The van der Waals surface area contributed by atoms with E-state index in [2.05, 4.69) is 15.5 Å². The molecule has 0 aliphatic heterocycles. The topological polar surface area (TPSA) is 75.1 Å². The van der Waals surface area contributed by atoms with Crippen molar-refractivity contribution in [2.75, 3.05) is 6.61 Å². The average Bonchev–Trinajstić information content (AvgIpc) is 2.40. The maximum atomic E-state index is 11.8. The first kappa shape index (κ1) is 12.0. The summed E-state index contributed by atoms with van der Waals surface area (Å²) in [5, 5.41) is 19.3. The second kappa shape index (κ2) is 5.72. The van der Waals surface area contributed by atoms with Crippen molar-refractivity contribution in [1.82, 2.24) is 15.5 Å². The number of hydrogen-bond donors (Lipinski definition) is 2. The molecule has 1 aromatic heterocycles. The molecule has 1 aliphatic rings. The second-order valence-electron chi connectivity index (χ2n) is 4.50. The molecular weight excluding hydrogens is 218 g/mol. The average molecular weight is 235 g/mol. The molecule has 0 bridgehead atoms. The number of rotatable bonds is 3. The fraction of sp³-hybridized carbons (Fsp3) is 0.583. The number of aromatic nitrogens is 2. The summed E-state index contributed by atoms with van der Waals surface area (Å²) in [5.41, 5.74) is 0.546. The number of aliphatic hydroxyl groups excluding tert-OH is 1. The summed E-state index contributed by atoms with van der Waals surface area (Å²) in [5.74, 6) is 0.318. The maximum absolute atomic E-state index is 11.8. The standard InChI is InChI=1S/C12H17N3O2/c16-8-9-1-3-11(4-2-9)15-12(17)10-5-6-13-14-7-10/h5-7,9,11,16H,1-4,8H2,(H,15,17). The molecule has 92 valence electrons. The van der Waals surface area contributed by atoms with Crippen molar-refractivity contribution >= 4 is 5.91 Å². The first-order valence-electron chi connectivity index (χ1n) is 5.98. The lowest BCUT2D eigenvalue weighted by atomic mass is 9.86. The molecule has 2 N–H and O–H groups in total. The Kier molecular flexibility index (Phi) is 4.03. The van der Waals surface area contributed by atoms with E-state index < -0.39 is 0 Å². The zero-order chi connectivity index (χ0) is 12.1. The van der Waals surface area contributed by atoms with Gasteiger partial charge in [-0.2, -0.15) is 10.2 Å². The molecule has 1 aliphatic carbocycles. The van der Waals surface area contributed by atoms with E-state index in [0.29, 0.717) is 11.5 Å². The van der Waals surface area contributed by atoms with Crippen molar-refractivity contribution in [3.8, 4) is 0 Å². The molecule has 0 aromatic carbocycles. The van der Waals surface area contributed by atoms with E-state index in [1.54, 1.807) is 6.07 Å². The highest BCUT2D eigenvalue weighted by Crippen LogP contribution is 2.23. The van der Waals surface area contributed by atoms with E-state index in [1.807, 2.05) is 0 Å². The van der Waals surface area contributed by atoms with Gasteiger partial charge < -0.3 is 10.4 Å². The summed E-state index contributed by atoms with van der Waals surface area (Å²) in [6, 6.07) is 1.88. The van der Waals surface area contributed by atoms with E-state index in [1.165, 1.54) is 12.4 Å². The Balaban J connectivity index is 1.84. The van der Waals surface area contributed by atoms with Crippen molar-refractivity contribution in [3.05, 3.63) is 24.0 Å². The quantitative estimate of drug-likeness (QED) is 0.811. The monoisotopic (exact) mass is 235 g/mol. The molecule has 5 nitrogen and oxygen atoms in total. The predicted molar refractivity (Wildman–Crippen MR) is 62.3 cm³/mol. The van der Waals surface area contributed by atoms with Gasteiger partial charge in [0, 0.05) is 12.6 Å². The Labute approximate surface area is 100 Å². The van der Waals surface area contributed by atoms with Gasteiger partial charge in [-0.1, -0.05) is 0 Å². The van der Waals surface area contributed by atoms with Gasteiger partial charge in [-0.3, -0.25) is 4.79 Å². The van der Waals surface area contributed by atoms with Gasteiger partial charge in [0.2, 0.25) is 0 Å². The van der Waals surface area contributed by atoms with Crippen LogP contribution in [0, 0.1) is 5.92 Å². The van der Waals surface area contributed by atoms with Crippen molar-refractivity contribution in [1.29, 1.82) is 0 Å². The van der Waals surface area contributed by atoms with Crippen LogP contribution in [0.1, 0.15) is 36.0 Å². The minimum atomic E-state index is -0.0904. The Morgan fingerprint density at radius 2 is 2.12 bits per heavy atom. The van der Waals surface area contributed by atoms with Crippen LogP contribution in [0.3, 0.4) is 0 Å². The van der Waals surface area contributed by atoms with Crippen LogP contribution in [0.25, 0.3) is 0 Å². The van der Waals surface area contributed by atoms with Gasteiger partial charge in [-0.15, -0.1) is 0 Å². The van der Waals surface area contributed by atoms with Crippen LogP contribution >= 0.6 is 0 Å². The van der Waals surface area contributed by atoms with E-state index >= 15 is 0 Å². The number of hydrogen-bond acceptors (Lipinski definition) is 4. The lowest BCUT2D eigenvalue weighted by Gasteiger charge is -2.27. The number of aliphatic hydroxyl groups is 1. The Morgan fingerprint density at radius 3 is 2.71 bits per heavy atom. The van der Waals surface area contributed by atoms with Gasteiger partial charge in [0.1, 0.15) is 0 Å². The zero-order valence-corrected chi connectivity index (χ0v) is 9.67. The Morgan fingerprint density at radius 1 is 1.35 bits per heavy atom. The van der Waals surface area contributed by atoms with Gasteiger partial charge in [-0.25, -0.2) is 0 Å². The fourth-order valence-corrected chi connectivity index (χ4v) is 2.18. The van der Waals surface area contributed by atoms with Crippen molar-refractivity contribution in [2.24, 2.45) is 5.92 Å². The molecule has 0 atom stereocenters. The van der Waals surface area contributed by atoms with Gasteiger partial charge in [0.25, 0.3) is 5.91 Å². The highest BCUT2D eigenvalue weighted by Gasteiger charge is 2.22. The molecule has 0 unspecified atom stereocenters. The van der Waals surface area contributed by atoms with Gasteiger partial charge in [0.05, 0.1) is 18.0 Å². The van der Waals surface area contributed by atoms with Crippen LogP contribution < -0.4 is 5.32 Å². The van der Waals surface area contributed by atoms with E-state index in [0.717, 1.165) is 25.7 Å². The number of nitrogens with zero attached hydrogens (tertiary/aromatic N) is 2. The number of nitrogens with one attached hydrogen (secondary N) is 1. The maximum Gasteiger partial charge on any atom is 0.253 e. The molecule has 1 fully saturated rings. The van der Waals surface area contributed by atoms with E-state index in [9.17, 15) is 4.79 Å². The van der Waals surface area contributed by atoms with Crippen molar-refractivity contribution < 1.29 is 9.90 Å². The zero-order valence-electron chi connectivity index (χ0n) is 9.67. The highest BCUT2D eigenvalue weighted by molar-refractivity contribution is 5.93. The second-order valence-corrected chi connectivity index (χ2v) is 4.50. The molecule has 1 amide bonds. The van der Waals surface area contributed by atoms with Crippen LogP contribution in [0.4, 0.5) is 0 Å². The molecule has 0 spiro atoms. The molecule has 1 saturated carbocycles. The minimum Gasteiger partial charge on any atom is -0.396 e. The van der Waals surface area contributed by atoms with Crippen LogP contribution in [0.15, 0.2) is 18.5 Å². The third-order valence-corrected chi connectivity index (χ3v) is 3.29. The molecule has 0 radical (unpaired) electrons. The molecule has 1 heterocycles. The third kappa shape index (κ3) is 3.23. The minimum absolute atomic E-state index is 0.0904. The van der Waals surface area contributed by atoms with E-state index in [4.69, 9.17) is 5.11 Å². The largest absolute Gasteiger partial charge is 0.396 e. The first-order valence-corrected chi connectivity index (χ1v) is 5.98. The SMILES string of the molecule is O=C(NC1CCC(CO)CC1)c1ccnnc1. The van der Waals surface area contributed by atoms with Gasteiger partial charge >= 0.3 is 0 Å². The van der Waals surface area contributed by atoms with Gasteiger partial charge in [-0.05, 0) is 37.7 Å². The Hall–Kier alpha value is -1.49. The number of carbonyl (C=O) groups excluding carboxylic acids is 1. The summed E-state index contributed by atoms with van der Waals surface area (Å²) >= 11 is 0. The summed E-state index contributed by atoms with van der Waals surface area (Å²) in [6.45, 7) is 0.259. The molecule has 1 aromatic rings. The summed E-state index contributed by atoms with van der Waals surface area (Å²) in [4.78, 5) is 11.8. The summed E-state index contributed by atoms with van der Waals surface area (Å²) < 4.78 is 0. The molecule has 5 heteroatoms. The molecule has 17 heavy (non-hydrogen) atoms. The first-order chi connectivity index (χ1) is 8.29. The number of carbonyl (C=O) groups is 1. The smallest absolute Gasteiger partial charge is 0.253 e. The van der Waals surface area contributed by atoms with Crippen molar-refractivity contribution in [2.45, 2.75) is 31.7 Å². The summed E-state index contributed by atoms with van der Waals surface area (Å²) in [7, 11) is 0. The Bertz CT molecular complexity index is 361. The lowest BCUT2D eigenvalue weighted by molar-refractivity contribution is 0.0913. The lowest BCUT2D eigenvalue weighted by Crippen LogP contribution is -2.38. The fourth-order valence-electron chi connectivity index (χ4n) is 2.18.